The maximum atomic E-state index is 5.37. The van der Waals surface area contributed by atoms with Gasteiger partial charge in [-0.3, -0.25) is 4.99 Å². The van der Waals surface area contributed by atoms with Crippen molar-refractivity contribution in [2.45, 2.75) is 12.4 Å². The molecule has 0 amide bonds. The Balaban J connectivity index is 2.22. The number of ether oxygens (including phenoxy) is 1. The number of nitrogens with zero attached hydrogens (tertiary/aromatic N) is 1. The minimum absolute atomic E-state index is 0.285. The van der Waals surface area contributed by atoms with Gasteiger partial charge in [0.05, 0.1) is 6.54 Å². The van der Waals surface area contributed by atoms with Crippen LogP contribution in [0.2, 0.25) is 0 Å². The van der Waals surface area contributed by atoms with Gasteiger partial charge >= 0.3 is 0 Å². The normalized spacial score (nSPS) is 25.0. The van der Waals surface area contributed by atoms with Crippen molar-refractivity contribution in [2.24, 2.45) is 4.99 Å². The summed E-state index contributed by atoms with van der Waals surface area (Å²) in [4.78, 5) is 4.27. The smallest absolute Gasteiger partial charge is 0.129 e. The van der Waals surface area contributed by atoms with E-state index in [9.17, 15) is 0 Å². The number of thioether (sulfide) groups is 2. The molecule has 0 saturated carbocycles. The van der Waals surface area contributed by atoms with E-state index in [1.54, 1.807) is 23.5 Å². The molecular weight excluding hydrogens is 166 g/mol. The molecule has 0 aromatic heterocycles. The predicted octanol–water partition coefficient (Wildman–Crippen LogP) is 1.81. The molecule has 1 heterocycles. The van der Waals surface area contributed by atoms with E-state index in [4.69, 9.17) is 4.74 Å². The summed E-state index contributed by atoms with van der Waals surface area (Å²) in [5.74, 6) is 0. The molecule has 1 atom stereocenters. The van der Waals surface area contributed by atoms with Crippen molar-refractivity contribution < 1.29 is 4.74 Å². The second-order valence-corrected chi connectivity index (χ2v) is 4.02. The first-order chi connectivity index (χ1) is 4.86. The first kappa shape index (κ1) is 8.43. The molecule has 58 valence electrons. The van der Waals surface area contributed by atoms with Crippen molar-refractivity contribution in [2.75, 3.05) is 19.4 Å². The molecule has 4 heteroatoms. The second-order valence-electron chi connectivity index (χ2n) is 1.81. The summed E-state index contributed by atoms with van der Waals surface area (Å²) >= 11 is 3.42. The largest absolute Gasteiger partial charge is 0.365 e. The lowest BCUT2D eigenvalue weighted by Crippen LogP contribution is -2.07. The lowest BCUT2D eigenvalue weighted by atomic mass is 10.7. The summed E-state index contributed by atoms with van der Waals surface area (Å²) in [5.41, 5.74) is 0.285. The van der Waals surface area contributed by atoms with E-state index in [2.05, 4.69) is 4.99 Å². The summed E-state index contributed by atoms with van der Waals surface area (Å²) in [7, 11) is 0. The molecule has 1 unspecified atom stereocenters. The minimum atomic E-state index is 0.285. The Labute approximate surface area is 69.8 Å². The number of hydrogen-bond donors (Lipinski definition) is 0. The third-order valence-corrected chi connectivity index (χ3v) is 3.27. The van der Waals surface area contributed by atoms with Crippen LogP contribution >= 0.6 is 23.5 Å². The van der Waals surface area contributed by atoms with Crippen molar-refractivity contribution in [3.63, 3.8) is 0 Å². The molecule has 0 fully saturated rings. The topological polar surface area (TPSA) is 21.6 Å². The highest BCUT2D eigenvalue weighted by Gasteiger charge is 2.18. The fourth-order valence-corrected chi connectivity index (χ4v) is 2.36. The number of aliphatic imine (C=N–C) groups is 1. The average Bonchev–Trinajstić information content (AvgIpc) is 2.37. The van der Waals surface area contributed by atoms with Crippen molar-refractivity contribution in [1.82, 2.24) is 0 Å². The molecule has 1 aliphatic rings. The van der Waals surface area contributed by atoms with E-state index in [0.29, 0.717) is 0 Å². The molecule has 0 aromatic rings. The molecule has 0 radical (unpaired) electrons. The Bertz CT molecular complexity index is 138. The van der Waals surface area contributed by atoms with Gasteiger partial charge in [0.1, 0.15) is 9.81 Å². The van der Waals surface area contributed by atoms with Crippen LogP contribution in [0.5, 0.6) is 0 Å². The molecular formula is C6H11NOS2. The summed E-state index contributed by atoms with van der Waals surface area (Å²) < 4.78 is 6.52. The molecule has 0 spiro atoms. The standard InChI is InChI=1S/C6H11NOS2/c1-3-8-5-4-7-6(9-2)10-5/h5H,3-4H2,1-2H3. The van der Waals surface area contributed by atoms with Crippen LogP contribution in [-0.4, -0.2) is 29.2 Å². The van der Waals surface area contributed by atoms with Gasteiger partial charge in [-0.05, 0) is 13.2 Å². The molecule has 0 N–H and O–H groups in total. The SMILES string of the molecule is CCOC1CN=C(SC)S1. The molecule has 1 aliphatic heterocycles. The first-order valence-corrected chi connectivity index (χ1v) is 5.34. The fraction of sp³-hybridized carbons (Fsp3) is 0.833. The van der Waals surface area contributed by atoms with E-state index in [0.717, 1.165) is 17.5 Å². The van der Waals surface area contributed by atoms with Crippen LogP contribution in [-0.2, 0) is 4.74 Å². The molecule has 0 saturated heterocycles. The van der Waals surface area contributed by atoms with Crippen LogP contribution in [0.3, 0.4) is 0 Å². The van der Waals surface area contributed by atoms with Gasteiger partial charge in [0.15, 0.2) is 0 Å². The van der Waals surface area contributed by atoms with E-state index in [1.165, 1.54) is 0 Å². The van der Waals surface area contributed by atoms with E-state index >= 15 is 0 Å². The zero-order valence-corrected chi connectivity index (χ0v) is 7.80. The van der Waals surface area contributed by atoms with Gasteiger partial charge < -0.3 is 4.74 Å². The number of rotatable bonds is 2. The lowest BCUT2D eigenvalue weighted by Gasteiger charge is -2.05. The highest BCUT2D eigenvalue weighted by molar-refractivity contribution is 8.39. The summed E-state index contributed by atoms with van der Waals surface area (Å²) in [5, 5.41) is 0. The number of hydrogen-bond acceptors (Lipinski definition) is 4. The summed E-state index contributed by atoms with van der Waals surface area (Å²) in [6.07, 6.45) is 2.04. The van der Waals surface area contributed by atoms with Crippen LogP contribution in [0.15, 0.2) is 4.99 Å². The van der Waals surface area contributed by atoms with Crippen LogP contribution in [0, 0.1) is 0 Å². The zero-order chi connectivity index (χ0) is 7.40. The van der Waals surface area contributed by atoms with Gasteiger partial charge in [0, 0.05) is 6.61 Å². The zero-order valence-electron chi connectivity index (χ0n) is 6.16. The highest BCUT2D eigenvalue weighted by atomic mass is 32.2. The highest BCUT2D eigenvalue weighted by Crippen LogP contribution is 2.27. The molecule has 2 nitrogen and oxygen atoms in total. The predicted molar refractivity (Wildman–Crippen MR) is 48.8 cm³/mol. The van der Waals surface area contributed by atoms with Crippen LogP contribution in [0.4, 0.5) is 0 Å². The Kier molecular flexibility index (Phi) is 3.59. The van der Waals surface area contributed by atoms with Crippen LogP contribution < -0.4 is 0 Å². The van der Waals surface area contributed by atoms with Crippen molar-refractivity contribution >= 4 is 27.9 Å². The monoisotopic (exact) mass is 177 g/mol. The van der Waals surface area contributed by atoms with Crippen molar-refractivity contribution in [1.29, 1.82) is 0 Å². The van der Waals surface area contributed by atoms with Gasteiger partial charge in [-0.15, -0.1) is 11.8 Å². The Hall–Kier alpha value is 0.330. The van der Waals surface area contributed by atoms with Gasteiger partial charge in [-0.1, -0.05) is 11.8 Å². The van der Waals surface area contributed by atoms with Crippen LogP contribution in [0.1, 0.15) is 6.92 Å². The van der Waals surface area contributed by atoms with Crippen molar-refractivity contribution in [3.8, 4) is 0 Å². The molecule has 0 aliphatic carbocycles. The summed E-state index contributed by atoms with van der Waals surface area (Å²) in [6, 6.07) is 0. The third-order valence-electron chi connectivity index (χ3n) is 1.13. The molecule has 0 aromatic carbocycles. The second kappa shape index (κ2) is 4.26. The van der Waals surface area contributed by atoms with E-state index in [-0.39, 0.29) is 5.44 Å². The maximum absolute atomic E-state index is 5.37. The van der Waals surface area contributed by atoms with Gasteiger partial charge in [0.2, 0.25) is 0 Å². The molecule has 1 rings (SSSR count). The molecule has 10 heavy (non-hydrogen) atoms. The molecule has 0 bridgehead atoms. The Morgan fingerprint density at radius 3 is 3.20 bits per heavy atom. The Morgan fingerprint density at radius 2 is 2.70 bits per heavy atom. The Morgan fingerprint density at radius 1 is 1.90 bits per heavy atom. The van der Waals surface area contributed by atoms with Gasteiger partial charge in [-0.25, -0.2) is 0 Å². The van der Waals surface area contributed by atoms with Gasteiger partial charge in [-0.2, -0.15) is 0 Å². The van der Waals surface area contributed by atoms with Crippen LogP contribution in [0.25, 0.3) is 0 Å². The quantitative estimate of drug-likeness (QED) is 0.642. The third kappa shape index (κ3) is 2.18. The van der Waals surface area contributed by atoms with Gasteiger partial charge in [0.25, 0.3) is 0 Å². The van der Waals surface area contributed by atoms with E-state index in [1.807, 2.05) is 13.2 Å². The first-order valence-electron chi connectivity index (χ1n) is 3.23. The maximum Gasteiger partial charge on any atom is 0.129 e. The summed E-state index contributed by atoms with van der Waals surface area (Å²) in [6.45, 7) is 3.63. The minimum Gasteiger partial charge on any atom is -0.365 e. The average molecular weight is 177 g/mol. The fourth-order valence-electron chi connectivity index (χ4n) is 0.721. The lowest BCUT2D eigenvalue weighted by molar-refractivity contribution is 0.133. The van der Waals surface area contributed by atoms with Crippen molar-refractivity contribution in [3.05, 3.63) is 0 Å². The van der Waals surface area contributed by atoms with E-state index < -0.39 is 0 Å².